The van der Waals surface area contributed by atoms with Crippen molar-refractivity contribution < 1.29 is 9.53 Å². The molecule has 1 rings (SSSR count). The molecular formula is C10H13NO2. The normalized spacial score (nSPS) is 9.38. The van der Waals surface area contributed by atoms with Crippen LogP contribution in [-0.4, -0.2) is 19.4 Å². The van der Waals surface area contributed by atoms with Crippen molar-refractivity contribution in [3.05, 3.63) is 24.3 Å². The van der Waals surface area contributed by atoms with Crippen molar-refractivity contribution in [2.24, 2.45) is 0 Å². The highest BCUT2D eigenvalue weighted by Gasteiger charge is 2.00. The summed E-state index contributed by atoms with van der Waals surface area (Å²) in [5.74, 6) is 0.856. The summed E-state index contributed by atoms with van der Waals surface area (Å²) in [6.07, 6.45) is 0. The Bertz CT molecular complexity index is 297. The molecule has 0 radical (unpaired) electrons. The predicted octanol–water partition coefficient (Wildman–Crippen LogP) is 1.70. The molecule has 1 N–H and O–H groups in total. The third-order valence-electron chi connectivity index (χ3n) is 1.63. The molecule has 70 valence electrons. The summed E-state index contributed by atoms with van der Waals surface area (Å²) in [5.41, 5.74) is 0.847. The van der Waals surface area contributed by atoms with Gasteiger partial charge in [-0.05, 0) is 19.1 Å². The molecule has 0 spiro atoms. The van der Waals surface area contributed by atoms with Crippen molar-refractivity contribution in [1.29, 1.82) is 0 Å². The fourth-order valence-electron chi connectivity index (χ4n) is 1.01. The van der Waals surface area contributed by atoms with Crippen LogP contribution in [0.3, 0.4) is 0 Å². The minimum absolute atomic E-state index is 0.103. The van der Waals surface area contributed by atoms with Gasteiger partial charge < -0.3 is 10.1 Å². The maximum absolute atomic E-state index is 10.7. The lowest BCUT2D eigenvalue weighted by atomic mass is 10.3. The van der Waals surface area contributed by atoms with E-state index in [1.807, 2.05) is 24.3 Å². The second kappa shape index (κ2) is 4.50. The zero-order valence-corrected chi connectivity index (χ0v) is 7.83. The van der Waals surface area contributed by atoms with Gasteiger partial charge >= 0.3 is 0 Å². The van der Waals surface area contributed by atoms with Crippen LogP contribution in [0.25, 0.3) is 0 Å². The number of Topliss-reactive ketones (excluding diaryl/α,β-unsaturated/α-hetero) is 1. The Morgan fingerprint density at radius 1 is 1.46 bits per heavy atom. The molecule has 0 bridgehead atoms. The average molecular weight is 179 g/mol. The number of carbonyl (C=O) groups excluding carboxylic acids is 1. The standard InChI is InChI=1S/C10H13NO2/c1-8(12)7-11-9-5-3-4-6-10(9)13-2/h3-6,11H,7H2,1-2H3. The van der Waals surface area contributed by atoms with Gasteiger partial charge in [-0.25, -0.2) is 0 Å². The van der Waals surface area contributed by atoms with Crippen LogP contribution in [0.15, 0.2) is 24.3 Å². The molecule has 3 heteroatoms. The molecule has 0 aromatic heterocycles. The minimum Gasteiger partial charge on any atom is -0.495 e. The van der Waals surface area contributed by atoms with E-state index in [1.54, 1.807) is 14.0 Å². The lowest BCUT2D eigenvalue weighted by Gasteiger charge is -2.08. The smallest absolute Gasteiger partial charge is 0.148 e. The predicted molar refractivity (Wildman–Crippen MR) is 52.2 cm³/mol. The first-order valence-corrected chi connectivity index (χ1v) is 4.10. The molecule has 0 saturated heterocycles. The fourth-order valence-corrected chi connectivity index (χ4v) is 1.01. The van der Waals surface area contributed by atoms with Crippen LogP contribution in [0, 0.1) is 0 Å². The highest BCUT2D eigenvalue weighted by Crippen LogP contribution is 2.22. The van der Waals surface area contributed by atoms with Crippen LogP contribution in [0.4, 0.5) is 5.69 Å². The summed E-state index contributed by atoms with van der Waals surface area (Å²) in [7, 11) is 1.61. The molecule has 0 atom stereocenters. The summed E-state index contributed by atoms with van der Waals surface area (Å²) in [4.78, 5) is 10.7. The minimum atomic E-state index is 0.103. The first kappa shape index (κ1) is 9.58. The number of benzene rings is 1. The number of hydrogen-bond acceptors (Lipinski definition) is 3. The van der Waals surface area contributed by atoms with Crippen LogP contribution in [0.1, 0.15) is 6.92 Å². The summed E-state index contributed by atoms with van der Waals surface area (Å²) in [6, 6.07) is 7.51. The van der Waals surface area contributed by atoms with E-state index in [-0.39, 0.29) is 5.78 Å². The maximum atomic E-state index is 10.7. The summed E-state index contributed by atoms with van der Waals surface area (Å²) in [5, 5.41) is 2.99. The van der Waals surface area contributed by atoms with Crippen LogP contribution in [0.2, 0.25) is 0 Å². The molecule has 13 heavy (non-hydrogen) atoms. The Morgan fingerprint density at radius 3 is 2.77 bits per heavy atom. The molecule has 0 aliphatic carbocycles. The van der Waals surface area contributed by atoms with Crippen LogP contribution in [-0.2, 0) is 4.79 Å². The second-order valence-electron chi connectivity index (χ2n) is 2.76. The van der Waals surface area contributed by atoms with Crippen molar-refractivity contribution in [3.63, 3.8) is 0 Å². The largest absolute Gasteiger partial charge is 0.495 e. The number of para-hydroxylation sites is 2. The van der Waals surface area contributed by atoms with Gasteiger partial charge in [-0.2, -0.15) is 0 Å². The van der Waals surface area contributed by atoms with Crippen molar-refractivity contribution in [2.45, 2.75) is 6.92 Å². The van der Waals surface area contributed by atoms with E-state index in [0.29, 0.717) is 6.54 Å². The van der Waals surface area contributed by atoms with E-state index in [2.05, 4.69) is 5.32 Å². The first-order valence-electron chi connectivity index (χ1n) is 4.10. The topological polar surface area (TPSA) is 38.3 Å². The Labute approximate surface area is 77.7 Å². The Hall–Kier alpha value is -1.51. The Balaban J connectivity index is 2.69. The van der Waals surface area contributed by atoms with Gasteiger partial charge in [-0.1, -0.05) is 12.1 Å². The monoisotopic (exact) mass is 179 g/mol. The van der Waals surface area contributed by atoms with Gasteiger partial charge in [-0.15, -0.1) is 0 Å². The van der Waals surface area contributed by atoms with Gasteiger partial charge in [0.1, 0.15) is 11.5 Å². The third kappa shape index (κ3) is 2.78. The highest BCUT2D eigenvalue weighted by atomic mass is 16.5. The average Bonchev–Trinajstić information content (AvgIpc) is 2.15. The van der Waals surface area contributed by atoms with Gasteiger partial charge in [0.2, 0.25) is 0 Å². The Morgan fingerprint density at radius 2 is 2.15 bits per heavy atom. The summed E-state index contributed by atoms with van der Waals surface area (Å²) < 4.78 is 5.10. The molecule has 1 aromatic rings. The number of ether oxygens (including phenoxy) is 1. The van der Waals surface area contributed by atoms with Crippen molar-refractivity contribution in [2.75, 3.05) is 19.0 Å². The number of methoxy groups -OCH3 is 1. The van der Waals surface area contributed by atoms with Crippen LogP contribution in [0.5, 0.6) is 5.75 Å². The van der Waals surface area contributed by atoms with E-state index in [9.17, 15) is 4.79 Å². The number of rotatable bonds is 4. The summed E-state index contributed by atoms with van der Waals surface area (Å²) in [6.45, 7) is 1.88. The molecule has 0 aliphatic rings. The van der Waals surface area contributed by atoms with Gasteiger partial charge in [0.15, 0.2) is 0 Å². The van der Waals surface area contributed by atoms with E-state index in [0.717, 1.165) is 11.4 Å². The lowest BCUT2D eigenvalue weighted by Crippen LogP contribution is -2.10. The van der Waals surface area contributed by atoms with Gasteiger partial charge in [-0.3, -0.25) is 4.79 Å². The van der Waals surface area contributed by atoms with E-state index >= 15 is 0 Å². The zero-order valence-electron chi connectivity index (χ0n) is 7.83. The van der Waals surface area contributed by atoms with Crippen LogP contribution < -0.4 is 10.1 Å². The fraction of sp³-hybridized carbons (Fsp3) is 0.300. The molecule has 0 unspecified atom stereocenters. The third-order valence-corrected chi connectivity index (χ3v) is 1.63. The van der Waals surface area contributed by atoms with Gasteiger partial charge in [0, 0.05) is 0 Å². The molecule has 3 nitrogen and oxygen atoms in total. The zero-order chi connectivity index (χ0) is 9.68. The van der Waals surface area contributed by atoms with E-state index < -0.39 is 0 Å². The van der Waals surface area contributed by atoms with Crippen molar-refractivity contribution in [1.82, 2.24) is 0 Å². The van der Waals surface area contributed by atoms with Crippen molar-refractivity contribution in [3.8, 4) is 5.75 Å². The van der Waals surface area contributed by atoms with Crippen molar-refractivity contribution >= 4 is 11.5 Å². The number of ketones is 1. The Kier molecular flexibility index (Phi) is 3.31. The van der Waals surface area contributed by atoms with Gasteiger partial charge in [0.25, 0.3) is 0 Å². The molecule has 0 aliphatic heterocycles. The SMILES string of the molecule is COc1ccccc1NCC(C)=O. The first-order chi connectivity index (χ1) is 6.24. The maximum Gasteiger partial charge on any atom is 0.148 e. The van der Waals surface area contributed by atoms with Gasteiger partial charge in [0.05, 0.1) is 19.3 Å². The molecular weight excluding hydrogens is 166 g/mol. The molecule has 0 saturated carbocycles. The summed E-state index contributed by atoms with van der Waals surface area (Å²) >= 11 is 0. The lowest BCUT2D eigenvalue weighted by molar-refractivity contribution is -0.115. The van der Waals surface area contributed by atoms with Crippen LogP contribution >= 0.6 is 0 Å². The molecule has 0 amide bonds. The molecule has 1 aromatic carbocycles. The quantitative estimate of drug-likeness (QED) is 0.764. The van der Waals surface area contributed by atoms with E-state index in [1.165, 1.54) is 0 Å². The highest BCUT2D eigenvalue weighted by molar-refractivity contribution is 5.80. The number of carbonyl (C=O) groups is 1. The number of nitrogens with one attached hydrogen (secondary N) is 1. The molecule has 0 heterocycles. The van der Waals surface area contributed by atoms with E-state index in [4.69, 9.17) is 4.74 Å². The number of hydrogen-bond donors (Lipinski definition) is 1. The second-order valence-corrected chi connectivity index (χ2v) is 2.76. The molecule has 0 fully saturated rings. The number of anilines is 1.